The summed E-state index contributed by atoms with van der Waals surface area (Å²) in [6.07, 6.45) is 6.91. The van der Waals surface area contributed by atoms with E-state index < -0.39 is 11.8 Å². The monoisotopic (exact) mass is 451 g/mol. The molecular formula is C26H23ClFNO3. The molecule has 1 unspecified atom stereocenters. The van der Waals surface area contributed by atoms with Gasteiger partial charge in [0.2, 0.25) is 0 Å². The average molecular weight is 452 g/mol. The van der Waals surface area contributed by atoms with E-state index in [-0.39, 0.29) is 22.8 Å². The second-order valence-corrected chi connectivity index (χ2v) is 9.65. The maximum atomic E-state index is 14.3. The Hall–Kier alpha value is -2.79. The summed E-state index contributed by atoms with van der Waals surface area (Å²) in [6.45, 7) is 0. The molecule has 2 aliphatic carbocycles. The Kier molecular flexibility index (Phi) is 5.25. The molecular weight excluding hydrogens is 429 g/mol. The molecule has 2 saturated carbocycles. The molecule has 1 spiro atoms. The number of carboxylic acid groups (broad SMARTS) is 1. The molecule has 164 valence electrons. The van der Waals surface area contributed by atoms with E-state index in [1.165, 1.54) is 12.1 Å². The lowest BCUT2D eigenvalue weighted by molar-refractivity contribution is -0.120. The van der Waals surface area contributed by atoms with E-state index in [1.54, 1.807) is 6.20 Å². The number of nitrogens with zero attached hydrogens (tertiary/aromatic N) is 1. The second kappa shape index (κ2) is 7.96. The quantitative estimate of drug-likeness (QED) is 0.501. The minimum atomic E-state index is -1.29. The molecule has 0 aliphatic heterocycles. The summed E-state index contributed by atoms with van der Waals surface area (Å²) in [5.41, 5.74) is 2.28. The molecule has 4 nitrogen and oxygen atoms in total. The van der Waals surface area contributed by atoms with Crippen molar-refractivity contribution in [3.63, 3.8) is 0 Å². The van der Waals surface area contributed by atoms with Gasteiger partial charge in [-0.3, -0.25) is 9.78 Å². The van der Waals surface area contributed by atoms with Gasteiger partial charge in [0.05, 0.1) is 11.1 Å². The van der Waals surface area contributed by atoms with Crippen LogP contribution in [-0.2, 0) is 11.2 Å². The van der Waals surface area contributed by atoms with Crippen molar-refractivity contribution in [3.05, 3.63) is 76.2 Å². The number of hydrogen-bond acceptors (Lipinski definition) is 3. The fourth-order valence-corrected chi connectivity index (χ4v) is 5.62. The van der Waals surface area contributed by atoms with Crippen LogP contribution in [0.1, 0.15) is 59.5 Å². The number of benzene rings is 2. The number of hydrogen-bond donors (Lipinski definition) is 1. The van der Waals surface area contributed by atoms with Crippen LogP contribution in [0.25, 0.3) is 10.9 Å². The molecule has 3 aromatic rings. The van der Waals surface area contributed by atoms with E-state index in [0.29, 0.717) is 28.1 Å². The second-order valence-electron chi connectivity index (χ2n) is 9.22. The zero-order chi connectivity index (χ0) is 22.5. The van der Waals surface area contributed by atoms with E-state index in [4.69, 9.17) is 11.6 Å². The van der Waals surface area contributed by atoms with Crippen LogP contribution in [0.4, 0.5) is 4.39 Å². The first-order valence-electron chi connectivity index (χ1n) is 10.9. The first-order valence-corrected chi connectivity index (χ1v) is 11.3. The molecule has 0 bridgehead atoms. The summed E-state index contributed by atoms with van der Waals surface area (Å²) in [7, 11) is 0. The third-order valence-electron chi connectivity index (χ3n) is 7.39. The number of rotatable bonds is 5. The minimum absolute atomic E-state index is 0.116. The predicted octanol–water partition coefficient (Wildman–Crippen LogP) is 6.20. The maximum Gasteiger partial charge on any atom is 0.338 e. The number of pyridine rings is 1. The fraction of sp³-hybridized carbons (Fsp3) is 0.346. The Labute approximate surface area is 190 Å². The van der Waals surface area contributed by atoms with Gasteiger partial charge in [0.15, 0.2) is 0 Å². The van der Waals surface area contributed by atoms with Gasteiger partial charge in [-0.1, -0.05) is 23.7 Å². The molecule has 0 radical (unpaired) electrons. The zero-order valence-corrected chi connectivity index (χ0v) is 18.2. The molecule has 2 fully saturated rings. The van der Waals surface area contributed by atoms with Crippen LogP contribution in [0.2, 0.25) is 5.02 Å². The Morgan fingerprint density at radius 2 is 1.84 bits per heavy atom. The SMILES string of the molecule is O=C(O)c1cc2nccc(C3CCC4(CC3)CC4C(=O)Cc3ccc(Cl)cc3)c2cc1F. The highest BCUT2D eigenvalue weighted by atomic mass is 35.5. The number of aromatic carboxylic acids is 1. The van der Waals surface area contributed by atoms with Gasteiger partial charge in [-0.15, -0.1) is 0 Å². The molecule has 1 aromatic heterocycles. The van der Waals surface area contributed by atoms with E-state index in [2.05, 4.69) is 4.98 Å². The van der Waals surface area contributed by atoms with Crippen LogP contribution in [0.3, 0.4) is 0 Å². The van der Waals surface area contributed by atoms with Gasteiger partial charge in [-0.2, -0.15) is 0 Å². The molecule has 6 heteroatoms. The first kappa shape index (κ1) is 21.1. The summed E-state index contributed by atoms with van der Waals surface area (Å²) >= 11 is 5.93. The first-order chi connectivity index (χ1) is 15.4. The predicted molar refractivity (Wildman–Crippen MR) is 121 cm³/mol. The molecule has 1 atom stereocenters. The Morgan fingerprint density at radius 1 is 1.12 bits per heavy atom. The highest BCUT2D eigenvalue weighted by Crippen LogP contribution is 2.63. The fourth-order valence-electron chi connectivity index (χ4n) is 5.49. The standard InChI is InChI=1S/C26H23ClFNO3/c27-17-3-1-15(2-4-17)11-24(30)21-14-26(21)8-5-16(6-9-26)18-7-10-29-23-13-20(25(31)32)22(28)12-19(18)23/h1-4,7,10,12-13,16,21H,5-6,8-9,11,14H2,(H,31,32). The zero-order valence-electron chi connectivity index (χ0n) is 17.5. The van der Waals surface area contributed by atoms with Crippen LogP contribution in [-0.4, -0.2) is 21.8 Å². The Bertz CT molecular complexity index is 1220. The van der Waals surface area contributed by atoms with E-state index >= 15 is 0 Å². The van der Waals surface area contributed by atoms with Crippen LogP contribution in [0.15, 0.2) is 48.7 Å². The molecule has 1 heterocycles. The number of carbonyl (C=O) groups excluding carboxylic acids is 1. The number of ketones is 1. The van der Waals surface area contributed by atoms with Crippen molar-refractivity contribution in [1.82, 2.24) is 4.98 Å². The van der Waals surface area contributed by atoms with Crippen LogP contribution in [0, 0.1) is 17.2 Å². The van der Waals surface area contributed by atoms with Crippen molar-refractivity contribution in [2.45, 2.75) is 44.4 Å². The van der Waals surface area contributed by atoms with Gasteiger partial charge in [0.25, 0.3) is 0 Å². The Balaban J connectivity index is 1.29. The number of fused-ring (bicyclic) bond motifs is 1. The lowest BCUT2D eigenvalue weighted by Crippen LogP contribution is -2.20. The Morgan fingerprint density at radius 3 is 2.53 bits per heavy atom. The van der Waals surface area contributed by atoms with Gasteiger partial charge in [0, 0.05) is 28.9 Å². The highest BCUT2D eigenvalue weighted by molar-refractivity contribution is 6.30. The lowest BCUT2D eigenvalue weighted by Gasteiger charge is -2.30. The normalized spacial score (nSPS) is 24.6. The van der Waals surface area contributed by atoms with Crippen molar-refractivity contribution in [3.8, 4) is 0 Å². The van der Waals surface area contributed by atoms with Crippen LogP contribution < -0.4 is 0 Å². The van der Waals surface area contributed by atoms with E-state index in [9.17, 15) is 19.1 Å². The summed E-state index contributed by atoms with van der Waals surface area (Å²) in [6, 6.07) is 12.0. The summed E-state index contributed by atoms with van der Waals surface area (Å²) in [5.74, 6) is -1.33. The summed E-state index contributed by atoms with van der Waals surface area (Å²) in [4.78, 5) is 28.4. The van der Waals surface area contributed by atoms with Crippen LogP contribution in [0.5, 0.6) is 0 Å². The molecule has 2 aliphatic rings. The van der Waals surface area contributed by atoms with Gasteiger partial charge >= 0.3 is 5.97 Å². The number of Topliss-reactive ketones (excluding diaryl/α,β-unsaturated/α-hetero) is 1. The van der Waals surface area contributed by atoms with Gasteiger partial charge in [-0.25, -0.2) is 9.18 Å². The summed E-state index contributed by atoms with van der Waals surface area (Å²) in [5, 5.41) is 10.5. The third kappa shape index (κ3) is 3.79. The van der Waals surface area contributed by atoms with Gasteiger partial charge in [0.1, 0.15) is 11.6 Å². The number of carboxylic acids is 1. The molecule has 0 amide bonds. The molecule has 32 heavy (non-hydrogen) atoms. The maximum absolute atomic E-state index is 14.3. The third-order valence-corrected chi connectivity index (χ3v) is 7.64. The average Bonchev–Trinajstić information content (AvgIpc) is 3.48. The van der Waals surface area contributed by atoms with E-state index in [0.717, 1.165) is 43.2 Å². The molecule has 2 aromatic carbocycles. The smallest absolute Gasteiger partial charge is 0.338 e. The van der Waals surface area contributed by atoms with Crippen molar-refractivity contribution in [2.24, 2.45) is 11.3 Å². The van der Waals surface area contributed by atoms with Crippen molar-refractivity contribution in [1.29, 1.82) is 0 Å². The van der Waals surface area contributed by atoms with Gasteiger partial charge < -0.3 is 5.11 Å². The molecule has 1 N–H and O–H groups in total. The van der Waals surface area contributed by atoms with Crippen molar-refractivity contribution >= 4 is 34.3 Å². The minimum Gasteiger partial charge on any atom is -0.478 e. The molecule has 0 saturated heterocycles. The van der Waals surface area contributed by atoms with Crippen LogP contribution >= 0.6 is 11.6 Å². The van der Waals surface area contributed by atoms with Gasteiger partial charge in [-0.05, 0) is 84.9 Å². The molecule has 5 rings (SSSR count). The number of aromatic nitrogens is 1. The highest BCUT2D eigenvalue weighted by Gasteiger charge is 2.57. The summed E-state index contributed by atoms with van der Waals surface area (Å²) < 4.78 is 14.3. The van der Waals surface area contributed by atoms with Crippen molar-refractivity contribution < 1.29 is 19.1 Å². The number of halogens is 2. The number of carbonyl (C=O) groups is 2. The lowest BCUT2D eigenvalue weighted by atomic mass is 9.74. The van der Waals surface area contributed by atoms with Crippen molar-refractivity contribution in [2.75, 3.05) is 0 Å². The van der Waals surface area contributed by atoms with E-state index in [1.807, 2.05) is 30.3 Å². The topological polar surface area (TPSA) is 67.3 Å². The largest absolute Gasteiger partial charge is 0.478 e.